The van der Waals surface area contributed by atoms with Gasteiger partial charge in [-0.25, -0.2) is 0 Å². The molecule has 1 fully saturated rings. The number of halogens is 2. The second-order valence-corrected chi connectivity index (χ2v) is 6.39. The zero-order chi connectivity index (χ0) is 13.2. The van der Waals surface area contributed by atoms with Crippen molar-refractivity contribution in [1.82, 2.24) is 0 Å². The van der Waals surface area contributed by atoms with Gasteiger partial charge in [0.15, 0.2) is 0 Å². The van der Waals surface area contributed by atoms with Gasteiger partial charge in [-0.15, -0.1) is 0 Å². The molecule has 0 spiro atoms. The molecule has 98 valence electrons. The predicted molar refractivity (Wildman–Crippen MR) is 82.8 cm³/mol. The van der Waals surface area contributed by atoms with Crippen LogP contribution in [0, 0.1) is 3.57 Å². The molecule has 0 heterocycles. The van der Waals surface area contributed by atoms with Crippen LogP contribution in [0.3, 0.4) is 0 Å². The molecule has 1 aliphatic carbocycles. The summed E-state index contributed by atoms with van der Waals surface area (Å²) in [4.78, 5) is 12.3. The first kappa shape index (κ1) is 14.1. The smallest absolute Gasteiger partial charge is 0.244 e. The van der Waals surface area contributed by atoms with Crippen LogP contribution >= 0.6 is 34.2 Å². The molecule has 1 aliphatic rings. The lowest BCUT2D eigenvalue weighted by molar-refractivity contribution is -0.122. The number of rotatable bonds is 2. The molecular weight excluding hydrogens is 363 g/mol. The molecule has 1 aromatic rings. The number of nitrogens with two attached hydrogens (primary N) is 1. The van der Waals surface area contributed by atoms with Gasteiger partial charge in [-0.2, -0.15) is 0 Å². The molecule has 0 saturated heterocycles. The van der Waals surface area contributed by atoms with E-state index in [1.807, 2.05) is 12.1 Å². The first-order valence-corrected chi connectivity index (χ1v) is 7.52. The van der Waals surface area contributed by atoms with Crippen LogP contribution in [-0.2, 0) is 4.79 Å². The Morgan fingerprint density at radius 3 is 2.61 bits per heavy atom. The number of anilines is 1. The topological polar surface area (TPSA) is 55.1 Å². The fourth-order valence-electron chi connectivity index (χ4n) is 2.25. The third kappa shape index (κ3) is 3.16. The van der Waals surface area contributed by atoms with E-state index in [-0.39, 0.29) is 5.91 Å². The number of benzene rings is 1. The van der Waals surface area contributed by atoms with E-state index in [4.69, 9.17) is 17.3 Å². The molecule has 3 nitrogen and oxygen atoms in total. The highest BCUT2D eigenvalue weighted by Gasteiger charge is 2.35. The Labute approximate surface area is 126 Å². The Bertz CT molecular complexity index is 458. The number of carbonyl (C=O) groups is 1. The molecule has 0 radical (unpaired) electrons. The first-order chi connectivity index (χ1) is 8.51. The minimum absolute atomic E-state index is 0.0811. The average Bonchev–Trinajstić information content (AvgIpc) is 2.33. The van der Waals surface area contributed by atoms with Gasteiger partial charge in [0, 0.05) is 8.59 Å². The summed E-state index contributed by atoms with van der Waals surface area (Å²) in [7, 11) is 0. The Balaban J connectivity index is 2.11. The van der Waals surface area contributed by atoms with Crippen LogP contribution in [0.5, 0.6) is 0 Å². The molecule has 0 atom stereocenters. The predicted octanol–water partition coefficient (Wildman–Crippen LogP) is 3.54. The van der Waals surface area contributed by atoms with Crippen LogP contribution in [0.25, 0.3) is 0 Å². The van der Waals surface area contributed by atoms with Gasteiger partial charge in [-0.05, 0) is 53.6 Å². The van der Waals surface area contributed by atoms with Gasteiger partial charge in [0.05, 0.1) is 11.2 Å². The SMILES string of the molecule is NC1(C(=O)Nc2ccc(Cl)cc2I)CCCCC1. The van der Waals surface area contributed by atoms with Gasteiger partial charge in [-0.3, -0.25) is 4.79 Å². The van der Waals surface area contributed by atoms with Crippen molar-refractivity contribution in [3.63, 3.8) is 0 Å². The van der Waals surface area contributed by atoms with E-state index in [0.29, 0.717) is 5.02 Å². The fourth-order valence-corrected chi connectivity index (χ4v) is 3.25. The van der Waals surface area contributed by atoms with E-state index >= 15 is 0 Å². The Kier molecular flexibility index (Phi) is 4.50. The second-order valence-electron chi connectivity index (χ2n) is 4.80. The summed E-state index contributed by atoms with van der Waals surface area (Å²) in [5.41, 5.74) is 6.26. The molecule has 3 N–H and O–H groups in total. The van der Waals surface area contributed by atoms with E-state index in [0.717, 1.165) is 34.9 Å². The standard InChI is InChI=1S/C13H16ClIN2O/c14-9-4-5-11(10(15)8-9)17-12(18)13(16)6-2-1-3-7-13/h4-5,8H,1-3,6-7,16H2,(H,17,18). The second kappa shape index (κ2) is 5.75. The largest absolute Gasteiger partial charge is 0.324 e. The summed E-state index contributed by atoms with van der Waals surface area (Å²) in [6.07, 6.45) is 4.76. The van der Waals surface area contributed by atoms with Crippen LogP contribution in [0.1, 0.15) is 32.1 Å². The monoisotopic (exact) mass is 378 g/mol. The van der Waals surface area contributed by atoms with Crippen molar-refractivity contribution in [3.05, 3.63) is 26.8 Å². The third-order valence-corrected chi connectivity index (χ3v) is 4.50. The molecule has 2 rings (SSSR count). The Morgan fingerprint density at radius 2 is 2.00 bits per heavy atom. The zero-order valence-electron chi connectivity index (χ0n) is 10.0. The molecule has 0 aliphatic heterocycles. The van der Waals surface area contributed by atoms with Crippen molar-refractivity contribution in [3.8, 4) is 0 Å². The van der Waals surface area contributed by atoms with Crippen LogP contribution in [-0.4, -0.2) is 11.4 Å². The van der Waals surface area contributed by atoms with Gasteiger partial charge in [0.25, 0.3) is 0 Å². The quantitative estimate of drug-likeness (QED) is 0.773. The van der Waals surface area contributed by atoms with Crippen molar-refractivity contribution < 1.29 is 4.79 Å². The first-order valence-electron chi connectivity index (χ1n) is 6.07. The minimum atomic E-state index is -0.707. The van der Waals surface area contributed by atoms with E-state index in [2.05, 4.69) is 27.9 Å². The average molecular weight is 379 g/mol. The summed E-state index contributed by atoms with van der Waals surface area (Å²) in [5, 5.41) is 3.58. The normalized spacial score (nSPS) is 18.4. The Morgan fingerprint density at radius 1 is 1.33 bits per heavy atom. The van der Waals surface area contributed by atoms with Crippen LogP contribution < -0.4 is 11.1 Å². The van der Waals surface area contributed by atoms with Crippen molar-refractivity contribution in [2.45, 2.75) is 37.6 Å². The number of amides is 1. The van der Waals surface area contributed by atoms with Crippen molar-refractivity contribution in [1.29, 1.82) is 0 Å². The van der Waals surface area contributed by atoms with Gasteiger partial charge in [-0.1, -0.05) is 30.9 Å². The summed E-state index contributed by atoms with van der Waals surface area (Å²) in [6, 6.07) is 5.40. The number of nitrogens with one attached hydrogen (secondary N) is 1. The van der Waals surface area contributed by atoms with Gasteiger partial charge in [0.2, 0.25) is 5.91 Å². The number of hydrogen-bond acceptors (Lipinski definition) is 2. The fraction of sp³-hybridized carbons (Fsp3) is 0.462. The van der Waals surface area contributed by atoms with Crippen LogP contribution in [0.4, 0.5) is 5.69 Å². The zero-order valence-corrected chi connectivity index (χ0v) is 12.9. The van der Waals surface area contributed by atoms with Gasteiger partial charge >= 0.3 is 0 Å². The highest BCUT2D eigenvalue weighted by Crippen LogP contribution is 2.28. The molecule has 1 aromatic carbocycles. The molecule has 18 heavy (non-hydrogen) atoms. The minimum Gasteiger partial charge on any atom is -0.324 e. The maximum absolute atomic E-state index is 12.3. The summed E-state index contributed by atoms with van der Waals surface area (Å²) in [6.45, 7) is 0. The van der Waals surface area contributed by atoms with E-state index in [1.54, 1.807) is 6.07 Å². The van der Waals surface area contributed by atoms with Gasteiger partial charge in [0.1, 0.15) is 0 Å². The maximum atomic E-state index is 12.3. The molecule has 0 aromatic heterocycles. The molecule has 1 amide bonds. The lowest BCUT2D eigenvalue weighted by Gasteiger charge is -2.31. The van der Waals surface area contributed by atoms with Crippen molar-refractivity contribution >= 4 is 45.8 Å². The summed E-state index contributed by atoms with van der Waals surface area (Å²) >= 11 is 8.04. The van der Waals surface area contributed by atoms with E-state index < -0.39 is 5.54 Å². The lowest BCUT2D eigenvalue weighted by Crippen LogP contribution is -2.52. The van der Waals surface area contributed by atoms with Gasteiger partial charge < -0.3 is 11.1 Å². The molecule has 1 saturated carbocycles. The number of carbonyl (C=O) groups excluding carboxylic acids is 1. The summed E-state index contributed by atoms with van der Waals surface area (Å²) in [5.74, 6) is -0.0811. The molecular formula is C13H16ClIN2O. The molecule has 5 heteroatoms. The highest BCUT2D eigenvalue weighted by molar-refractivity contribution is 14.1. The molecule has 0 unspecified atom stereocenters. The molecule has 0 bridgehead atoms. The Hall–Kier alpha value is -0.330. The van der Waals surface area contributed by atoms with E-state index in [1.165, 1.54) is 6.42 Å². The summed E-state index contributed by atoms with van der Waals surface area (Å²) < 4.78 is 0.924. The van der Waals surface area contributed by atoms with Crippen molar-refractivity contribution in [2.75, 3.05) is 5.32 Å². The lowest BCUT2D eigenvalue weighted by atomic mass is 9.82. The third-order valence-electron chi connectivity index (χ3n) is 3.38. The highest BCUT2D eigenvalue weighted by atomic mass is 127. The van der Waals surface area contributed by atoms with Crippen molar-refractivity contribution in [2.24, 2.45) is 5.73 Å². The number of hydrogen-bond donors (Lipinski definition) is 2. The van der Waals surface area contributed by atoms with Crippen LogP contribution in [0.2, 0.25) is 5.02 Å². The van der Waals surface area contributed by atoms with E-state index in [9.17, 15) is 4.79 Å². The maximum Gasteiger partial charge on any atom is 0.244 e. The van der Waals surface area contributed by atoms with Crippen LogP contribution in [0.15, 0.2) is 18.2 Å².